The van der Waals surface area contributed by atoms with Gasteiger partial charge in [-0.2, -0.15) is 0 Å². The van der Waals surface area contributed by atoms with E-state index in [1.807, 2.05) is 12.1 Å². The van der Waals surface area contributed by atoms with E-state index in [0.29, 0.717) is 11.8 Å². The third kappa shape index (κ3) is 7.10. The number of rotatable bonds is 16. The predicted molar refractivity (Wildman–Crippen MR) is 199 cm³/mol. The van der Waals surface area contributed by atoms with Crippen LogP contribution in [0.1, 0.15) is 153 Å². The average Bonchev–Trinajstić information content (AvgIpc) is 3.59. The van der Waals surface area contributed by atoms with E-state index < -0.39 is 0 Å². The van der Waals surface area contributed by atoms with Gasteiger partial charge < -0.3 is 0 Å². The summed E-state index contributed by atoms with van der Waals surface area (Å²) in [4.78, 5) is 0. The normalized spacial score (nSPS) is 23.3. The molecule has 0 saturated heterocycles. The number of unbranched alkanes of at least 4 members (excludes halogenated alkanes) is 2. The molecule has 0 heterocycles. The van der Waals surface area contributed by atoms with Gasteiger partial charge in [0.2, 0.25) is 0 Å². The van der Waals surface area contributed by atoms with Crippen LogP contribution in [0.3, 0.4) is 0 Å². The molecule has 5 rings (SSSR count). The van der Waals surface area contributed by atoms with Gasteiger partial charge in [0.1, 0.15) is 5.82 Å². The Morgan fingerprint density at radius 2 is 1.48 bits per heavy atom. The average molecular weight is 621 g/mol. The molecule has 3 aromatic carbocycles. The summed E-state index contributed by atoms with van der Waals surface area (Å²) >= 11 is 0. The van der Waals surface area contributed by atoms with Crippen molar-refractivity contribution in [3.05, 3.63) is 94.3 Å². The first-order valence-corrected chi connectivity index (χ1v) is 18.9. The Bertz CT molecular complexity index is 1480. The summed E-state index contributed by atoms with van der Waals surface area (Å²) in [7, 11) is 0. The van der Waals surface area contributed by atoms with Crippen LogP contribution >= 0.6 is 0 Å². The van der Waals surface area contributed by atoms with E-state index in [1.165, 1.54) is 92.0 Å². The molecule has 46 heavy (non-hydrogen) atoms. The molecule has 0 radical (unpaired) electrons. The van der Waals surface area contributed by atoms with Crippen molar-refractivity contribution in [3.63, 3.8) is 0 Å². The Hall–Kier alpha value is -2.67. The Morgan fingerprint density at radius 3 is 2.11 bits per heavy atom. The Labute approximate surface area is 281 Å². The highest BCUT2D eigenvalue weighted by atomic mass is 19.1. The van der Waals surface area contributed by atoms with Gasteiger partial charge >= 0.3 is 0 Å². The molecule has 6 atom stereocenters. The molecule has 0 nitrogen and oxygen atoms in total. The summed E-state index contributed by atoms with van der Waals surface area (Å²) in [5, 5.41) is 0. The van der Waals surface area contributed by atoms with Gasteiger partial charge in [-0.1, -0.05) is 142 Å². The van der Waals surface area contributed by atoms with Crippen LogP contribution in [0.2, 0.25) is 0 Å². The van der Waals surface area contributed by atoms with Crippen molar-refractivity contribution < 1.29 is 4.39 Å². The standard InChI is InChI=1S/C45H61F/c1-9-13-15-33(12-4)28-45(29-42-32(8)38(42)16-14-10-2)43-26-35(31(7)11-3)19-23-39(43)40-24-20-36(27-44(40)45)41(30(5)6)25-34-17-21-37(46)22-18-34/h17-27,30-33,38,42H,9-16,28-29H2,1-8H3. The summed E-state index contributed by atoms with van der Waals surface area (Å²) < 4.78 is 13.8. The van der Waals surface area contributed by atoms with Gasteiger partial charge in [0.15, 0.2) is 0 Å². The van der Waals surface area contributed by atoms with Gasteiger partial charge in [-0.15, -0.1) is 0 Å². The quantitative estimate of drug-likeness (QED) is 0.140. The second-order valence-corrected chi connectivity index (χ2v) is 15.4. The Balaban J connectivity index is 1.70. The van der Waals surface area contributed by atoms with Crippen molar-refractivity contribution in [2.75, 3.05) is 0 Å². The number of allylic oxidation sites excluding steroid dienone is 1. The van der Waals surface area contributed by atoms with E-state index >= 15 is 0 Å². The predicted octanol–water partition coefficient (Wildman–Crippen LogP) is 13.9. The fraction of sp³-hybridized carbons (Fsp3) is 0.556. The fourth-order valence-corrected chi connectivity index (χ4v) is 8.81. The van der Waals surface area contributed by atoms with E-state index in [9.17, 15) is 4.39 Å². The van der Waals surface area contributed by atoms with Gasteiger partial charge in [-0.05, 0) is 124 Å². The number of halogens is 1. The van der Waals surface area contributed by atoms with E-state index in [-0.39, 0.29) is 11.2 Å². The molecule has 1 fully saturated rings. The minimum Gasteiger partial charge on any atom is -0.207 e. The zero-order valence-corrected chi connectivity index (χ0v) is 30.3. The molecule has 0 spiro atoms. The maximum absolute atomic E-state index is 13.8. The Kier molecular flexibility index (Phi) is 11.3. The molecule has 2 aliphatic carbocycles. The van der Waals surface area contributed by atoms with Crippen LogP contribution < -0.4 is 0 Å². The van der Waals surface area contributed by atoms with Gasteiger partial charge in [0.25, 0.3) is 0 Å². The third-order valence-corrected chi connectivity index (χ3v) is 12.1. The lowest BCUT2D eigenvalue weighted by molar-refractivity contribution is 0.301. The lowest BCUT2D eigenvalue weighted by atomic mass is 9.66. The number of hydrogen-bond acceptors (Lipinski definition) is 0. The highest BCUT2D eigenvalue weighted by Gasteiger charge is 2.53. The maximum Gasteiger partial charge on any atom is 0.123 e. The van der Waals surface area contributed by atoms with Crippen LogP contribution in [0.15, 0.2) is 60.7 Å². The van der Waals surface area contributed by atoms with E-state index in [2.05, 4.69) is 97.9 Å². The zero-order chi connectivity index (χ0) is 33.0. The minimum absolute atomic E-state index is 0.0381. The number of hydrogen-bond donors (Lipinski definition) is 0. The first-order chi connectivity index (χ1) is 22.2. The molecule has 248 valence electrons. The number of fused-ring (bicyclic) bond motifs is 3. The van der Waals surface area contributed by atoms with Crippen LogP contribution in [0.25, 0.3) is 22.8 Å². The number of benzene rings is 3. The van der Waals surface area contributed by atoms with Crippen LogP contribution in [-0.4, -0.2) is 0 Å². The molecule has 0 bridgehead atoms. The third-order valence-electron chi connectivity index (χ3n) is 12.1. The highest BCUT2D eigenvalue weighted by molar-refractivity contribution is 5.87. The van der Waals surface area contributed by atoms with Crippen molar-refractivity contribution in [1.82, 2.24) is 0 Å². The Morgan fingerprint density at radius 1 is 0.804 bits per heavy atom. The fourth-order valence-electron chi connectivity index (χ4n) is 8.81. The highest BCUT2D eigenvalue weighted by Crippen LogP contribution is 2.62. The van der Waals surface area contributed by atoms with E-state index in [1.54, 1.807) is 23.3 Å². The molecule has 2 aliphatic rings. The maximum atomic E-state index is 13.8. The van der Waals surface area contributed by atoms with Crippen molar-refractivity contribution in [2.45, 2.75) is 131 Å². The lowest BCUT2D eigenvalue weighted by Crippen LogP contribution is -2.30. The van der Waals surface area contributed by atoms with Gasteiger partial charge in [-0.3, -0.25) is 0 Å². The summed E-state index contributed by atoms with van der Waals surface area (Å²) in [5.74, 6) is 3.94. The van der Waals surface area contributed by atoms with E-state index in [4.69, 9.17) is 0 Å². The van der Waals surface area contributed by atoms with Gasteiger partial charge in [0, 0.05) is 5.41 Å². The van der Waals surface area contributed by atoms with Crippen molar-refractivity contribution >= 4 is 11.6 Å². The molecule has 6 unspecified atom stereocenters. The van der Waals surface area contributed by atoms with Crippen molar-refractivity contribution in [2.24, 2.45) is 29.6 Å². The van der Waals surface area contributed by atoms with Crippen molar-refractivity contribution in [3.8, 4) is 11.1 Å². The molecular formula is C45H61F. The van der Waals surface area contributed by atoms with Crippen LogP contribution in [0.5, 0.6) is 0 Å². The van der Waals surface area contributed by atoms with Gasteiger partial charge in [0.05, 0.1) is 0 Å². The smallest absolute Gasteiger partial charge is 0.123 e. The molecule has 1 saturated carbocycles. The summed E-state index contributed by atoms with van der Waals surface area (Å²) in [6, 6.07) is 22.0. The second kappa shape index (κ2) is 15.0. The first-order valence-electron chi connectivity index (χ1n) is 18.9. The molecule has 0 N–H and O–H groups in total. The zero-order valence-electron chi connectivity index (χ0n) is 30.3. The first kappa shape index (κ1) is 34.7. The van der Waals surface area contributed by atoms with Crippen LogP contribution in [0, 0.1) is 35.4 Å². The SMILES string of the molecule is CCCCC(CC)CC1(CC2C(C)C2CCCC)c2cc(C(=Cc3ccc(F)cc3)C(C)C)ccc2-c2ccc(C(C)CC)cc21. The summed E-state index contributed by atoms with van der Waals surface area (Å²) in [6.45, 7) is 19.0. The molecular weight excluding hydrogens is 559 g/mol. The monoisotopic (exact) mass is 620 g/mol. The van der Waals surface area contributed by atoms with Crippen LogP contribution in [-0.2, 0) is 5.41 Å². The molecule has 3 aromatic rings. The van der Waals surface area contributed by atoms with Crippen molar-refractivity contribution in [1.29, 1.82) is 0 Å². The van der Waals surface area contributed by atoms with Gasteiger partial charge in [-0.25, -0.2) is 4.39 Å². The second-order valence-electron chi connectivity index (χ2n) is 15.4. The van der Waals surface area contributed by atoms with Crippen LogP contribution in [0.4, 0.5) is 4.39 Å². The summed E-state index contributed by atoms with van der Waals surface area (Å²) in [5.41, 5.74) is 11.4. The minimum atomic E-state index is -0.180. The molecule has 0 aromatic heterocycles. The largest absolute Gasteiger partial charge is 0.207 e. The van der Waals surface area contributed by atoms with E-state index in [0.717, 1.165) is 29.2 Å². The lowest BCUT2D eigenvalue weighted by Gasteiger charge is -2.37. The molecule has 0 amide bonds. The molecule has 0 aliphatic heterocycles. The molecule has 1 heteroatoms. The summed E-state index contributed by atoms with van der Waals surface area (Å²) in [6.07, 6.45) is 15.2. The topological polar surface area (TPSA) is 0 Å².